The molecule has 0 bridgehead atoms. The van der Waals surface area contributed by atoms with Gasteiger partial charge in [-0.15, -0.1) is 0 Å². The minimum atomic E-state index is -4.48. The highest BCUT2D eigenvalue weighted by molar-refractivity contribution is 5.93. The normalized spacial score (nSPS) is 16.5. The number of primary amides is 1. The highest BCUT2D eigenvalue weighted by atomic mass is 19.4. The number of halogens is 3. The van der Waals surface area contributed by atoms with Crippen molar-refractivity contribution in [1.29, 1.82) is 0 Å². The fourth-order valence-corrected chi connectivity index (χ4v) is 4.20. The zero-order chi connectivity index (χ0) is 21.8. The van der Waals surface area contributed by atoms with Crippen LogP contribution in [0.3, 0.4) is 0 Å². The van der Waals surface area contributed by atoms with Crippen molar-refractivity contribution >= 4 is 5.91 Å². The summed E-state index contributed by atoms with van der Waals surface area (Å²) < 4.78 is 40.5. The van der Waals surface area contributed by atoms with Crippen LogP contribution >= 0.6 is 0 Å². The lowest BCUT2D eigenvalue weighted by molar-refractivity contribution is -0.141. The lowest BCUT2D eigenvalue weighted by Crippen LogP contribution is -2.20. The molecule has 0 aliphatic heterocycles. The number of hydrogen-bond donors (Lipinski definition) is 2. The predicted octanol–water partition coefficient (Wildman–Crippen LogP) is 4.03. The van der Waals surface area contributed by atoms with Crippen molar-refractivity contribution in [1.82, 2.24) is 19.7 Å². The zero-order valence-corrected chi connectivity index (χ0v) is 16.8. The number of nitrogens with two attached hydrogens (primary N) is 1. The summed E-state index contributed by atoms with van der Waals surface area (Å²) in [6.07, 6.45) is 0.217. The molecular formula is C21H22F3N5O. The maximum atomic E-state index is 12.9. The third-order valence-corrected chi connectivity index (χ3v) is 5.96. The maximum Gasteiger partial charge on any atom is 0.433 e. The number of pyridine rings is 1. The highest BCUT2D eigenvalue weighted by Gasteiger charge is 2.49. The summed E-state index contributed by atoms with van der Waals surface area (Å²) in [6, 6.07) is 4.14. The summed E-state index contributed by atoms with van der Waals surface area (Å²) >= 11 is 0. The van der Waals surface area contributed by atoms with Gasteiger partial charge in [0.15, 0.2) is 0 Å². The van der Waals surface area contributed by atoms with E-state index in [1.165, 1.54) is 12.3 Å². The Balaban J connectivity index is 1.79. The summed E-state index contributed by atoms with van der Waals surface area (Å²) in [4.78, 5) is 15.9. The second kappa shape index (κ2) is 6.72. The fraction of sp³-hybridized carbons (Fsp3) is 0.381. The number of aromatic nitrogens is 4. The van der Waals surface area contributed by atoms with Crippen LogP contribution in [0.1, 0.15) is 70.1 Å². The van der Waals surface area contributed by atoms with Crippen molar-refractivity contribution in [2.45, 2.75) is 51.2 Å². The van der Waals surface area contributed by atoms with E-state index in [0.717, 1.165) is 41.4 Å². The molecule has 3 heterocycles. The van der Waals surface area contributed by atoms with Crippen LogP contribution in [-0.4, -0.2) is 25.7 Å². The van der Waals surface area contributed by atoms with Gasteiger partial charge in [0, 0.05) is 23.5 Å². The van der Waals surface area contributed by atoms with Gasteiger partial charge in [0.2, 0.25) is 0 Å². The first-order valence-electron chi connectivity index (χ1n) is 9.62. The van der Waals surface area contributed by atoms with Crippen molar-refractivity contribution in [2.75, 3.05) is 0 Å². The molecule has 1 unspecified atom stereocenters. The Hall–Kier alpha value is -3.10. The van der Waals surface area contributed by atoms with Gasteiger partial charge in [0.1, 0.15) is 11.4 Å². The Kier molecular flexibility index (Phi) is 4.52. The van der Waals surface area contributed by atoms with Crippen LogP contribution in [0, 0.1) is 13.8 Å². The average molecular weight is 417 g/mol. The first-order chi connectivity index (χ1) is 14.0. The first-order valence-corrected chi connectivity index (χ1v) is 9.62. The van der Waals surface area contributed by atoms with Gasteiger partial charge in [-0.25, -0.2) is 0 Å². The van der Waals surface area contributed by atoms with E-state index in [1.54, 1.807) is 4.57 Å². The van der Waals surface area contributed by atoms with Crippen LogP contribution < -0.4 is 5.73 Å². The number of H-pyrrole nitrogens is 1. The monoisotopic (exact) mass is 417 g/mol. The maximum absolute atomic E-state index is 12.9. The molecule has 1 amide bonds. The lowest BCUT2D eigenvalue weighted by Gasteiger charge is -2.17. The van der Waals surface area contributed by atoms with Crippen molar-refractivity contribution in [3.05, 3.63) is 70.1 Å². The standard InChI is InChI=1S/C21H22F3N5O/c1-11-8-16(28-27-11)13(3)29-10-15(12(2)18(29)19(25)30)20(6-7-20)14-4-5-17(26-9-14)21(22,23)24/h4-5,8-10,13H,6-7H2,1-3H3,(H2,25,30)(H,27,28). The molecule has 1 aliphatic carbocycles. The first kappa shape index (κ1) is 20.2. The van der Waals surface area contributed by atoms with Crippen molar-refractivity contribution in [2.24, 2.45) is 5.73 Å². The SMILES string of the molecule is Cc1cc(C(C)n2cc(C3(c4ccc(C(F)(F)F)nc4)CC3)c(C)c2C(N)=O)n[nH]1. The van der Waals surface area contributed by atoms with Gasteiger partial charge in [-0.2, -0.15) is 18.3 Å². The number of alkyl halides is 3. The van der Waals surface area contributed by atoms with Gasteiger partial charge in [-0.1, -0.05) is 6.07 Å². The fourth-order valence-electron chi connectivity index (χ4n) is 4.20. The molecule has 1 atom stereocenters. The quantitative estimate of drug-likeness (QED) is 0.657. The summed E-state index contributed by atoms with van der Waals surface area (Å²) in [5.41, 5.74) is 8.68. The molecular weight excluding hydrogens is 395 g/mol. The molecule has 3 aromatic rings. The van der Waals surface area contributed by atoms with Crippen LogP contribution in [0.2, 0.25) is 0 Å². The van der Waals surface area contributed by atoms with E-state index in [-0.39, 0.29) is 6.04 Å². The Bertz CT molecular complexity index is 1110. The Morgan fingerprint density at radius 3 is 2.47 bits per heavy atom. The molecule has 0 saturated heterocycles. The van der Waals surface area contributed by atoms with Gasteiger partial charge in [-0.3, -0.25) is 14.9 Å². The molecule has 0 spiro atoms. The van der Waals surface area contributed by atoms with Crippen LogP contribution in [0.15, 0.2) is 30.6 Å². The van der Waals surface area contributed by atoms with Gasteiger partial charge in [0.25, 0.3) is 5.91 Å². The van der Waals surface area contributed by atoms with E-state index in [1.807, 2.05) is 33.0 Å². The molecule has 0 radical (unpaired) electrons. The smallest absolute Gasteiger partial charge is 0.364 e. The number of hydrogen-bond acceptors (Lipinski definition) is 3. The summed E-state index contributed by atoms with van der Waals surface area (Å²) in [5, 5.41) is 7.18. The number of carbonyl (C=O) groups excluding carboxylic acids is 1. The average Bonchev–Trinajstić information content (AvgIpc) is 3.24. The number of nitrogens with zero attached hydrogens (tertiary/aromatic N) is 3. The molecule has 1 saturated carbocycles. The second-order valence-electron chi connectivity index (χ2n) is 7.95. The molecule has 1 aliphatic rings. The van der Waals surface area contributed by atoms with Gasteiger partial charge >= 0.3 is 6.18 Å². The lowest BCUT2D eigenvalue weighted by atomic mass is 9.88. The number of aryl methyl sites for hydroxylation is 1. The van der Waals surface area contributed by atoms with Gasteiger partial charge in [0.05, 0.1) is 11.7 Å². The van der Waals surface area contributed by atoms with Crippen molar-refractivity contribution < 1.29 is 18.0 Å². The summed E-state index contributed by atoms with van der Waals surface area (Å²) in [6.45, 7) is 5.64. The van der Waals surface area contributed by atoms with E-state index in [9.17, 15) is 18.0 Å². The third kappa shape index (κ3) is 3.18. The second-order valence-corrected chi connectivity index (χ2v) is 7.95. The highest BCUT2D eigenvalue weighted by Crippen LogP contribution is 2.55. The van der Waals surface area contributed by atoms with Crippen molar-refractivity contribution in [3.63, 3.8) is 0 Å². The van der Waals surface area contributed by atoms with Crippen LogP contribution in [-0.2, 0) is 11.6 Å². The molecule has 1 fully saturated rings. The number of rotatable bonds is 5. The van der Waals surface area contributed by atoms with Crippen LogP contribution in [0.5, 0.6) is 0 Å². The molecule has 4 rings (SSSR count). The van der Waals surface area contributed by atoms with E-state index >= 15 is 0 Å². The minimum Gasteiger partial charge on any atom is -0.364 e. The summed E-state index contributed by atoms with van der Waals surface area (Å²) in [7, 11) is 0. The Morgan fingerprint density at radius 2 is 2.00 bits per heavy atom. The molecule has 0 aromatic carbocycles. The van der Waals surface area contributed by atoms with Crippen molar-refractivity contribution in [3.8, 4) is 0 Å². The van der Waals surface area contributed by atoms with E-state index in [2.05, 4.69) is 15.2 Å². The van der Waals surface area contributed by atoms with E-state index in [0.29, 0.717) is 11.3 Å². The van der Waals surface area contributed by atoms with E-state index in [4.69, 9.17) is 5.73 Å². The number of amides is 1. The number of carbonyl (C=O) groups is 1. The molecule has 30 heavy (non-hydrogen) atoms. The van der Waals surface area contributed by atoms with Gasteiger partial charge in [-0.05, 0) is 62.4 Å². The predicted molar refractivity (Wildman–Crippen MR) is 104 cm³/mol. The third-order valence-electron chi connectivity index (χ3n) is 5.96. The molecule has 3 aromatic heterocycles. The Labute approximate surface area is 171 Å². The molecule has 3 N–H and O–H groups in total. The van der Waals surface area contributed by atoms with Crippen LogP contribution in [0.25, 0.3) is 0 Å². The van der Waals surface area contributed by atoms with Gasteiger partial charge < -0.3 is 10.3 Å². The van der Waals surface area contributed by atoms with E-state index < -0.39 is 23.2 Å². The molecule has 158 valence electrons. The minimum absolute atomic E-state index is 0.244. The molecule has 9 heteroatoms. The largest absolute Gasteiger partial charge is 0.433 e. The zero-order valence-electron chi connectivity index (χ0n) is 16.8. The number of nitrogens with one attached hydrogen (secondary N) is 1. The number of aromatic amines is 1. The topological polar surface area (TPSA) is 89.6 Å². The van der Waals surface area contributed by atoms with Crippen LogP contribution in [0.4, 0.5) is 13.2 Å². The summed E-state index contributed by atoms with van der Waals surface area (Å²) in [5.74, 6) is -0.556. The molecule has 6 nitrogen and oxygen atoms in total. The Morgan fingerprint density at radius 1 is 1.30 bits per heavy atom.